The van der Waals surface area contributed by atoms with Crippen molar-refractivity contribution in [3.63, 3.8) is 0 Å². The van der Waals surface area contributed by atoms with Gasteiger partial charge >= 0.3 is 0 Å². The van der Waals surface area contributed by atoms with Gasteiger partial charge in [-0.25, -0.2) is 0 Å². The molecule has 1 aromatic carbocycles. The maximum absolute atomic E-state index is 4.29. The van der Waals surface area contributed by atoms with Crippen molar-refractivity contribution in [2.24, 2.45) is 0 Å². The van der Waals surface area contributed by atoms with Gasteiger partial charge in [-0.3, -0.25) is 0 Å². The molecule has 0 atom stereocenters. The topological polar surface area (TPSA) is 41.1 Å². The Morgan fingerprint density at radius 2 is 1.81 bits per heavy atom. The van der Waals surface area contributed by atoms with Crippen molar-refractivity contribution in [2.45, 2.75) is 0 Å². The molecular formula is C11H14N4S. The van der Waals surface area contributed by atoms with Crippen LogP contribution in [0.2, 0.25) is 0 Å². The van der Waals surface area contributed by atoms with Gasteiger partial charge in [0.05, 0.1) is 11.7 Å². The van der Waals surface area contributed by atoms with Crippen LogP contribution in [0, 0.1) is 0 Å². The lowest BCUT2D eigenvalue weighted by Gasteiger charge is -2.12. The quantitative estimate of drug-likeness (QED) is 0.885. The molecule has 84 valence electrons. The summed E-state index contributed by atoms with van der Waals surface area (Å²) in [4.78, 5) is 2.07. The van der Waals surface area contributed by atoms with Crippen LogP contribution in [0.1, 0.15) is 0 Å². The first-order valence-electron chi connectivity index (χ1n) is 5.00. The first-order chi connectivity index (χ1) is 7.72. The molecule has 16 heavy (non-hydrogen) atoms. The number of aromatic nitrogens is 2. The highest BCUT2D eigenvalue weighted by molar-refractivity contribution is 6.99. The second-order valence-corrected chi connectivity index (χ2v) is 4.18. The maximum atomic E-state index is 4.29. The van der Waals surface area contributed by atoms with Gasteiger partial charge in [0.25, 0.3) is 0 Å². The van der Waals surface area contributed by atoms with Crippen molar-refractivity contribution in [3.05, 3.63) is 24.3 Å². The van der Waals surface area contributed by atoms with Gasteiger partial charge in [-0.2, -0.15) is 8.75 Å². The van der Waals surface area contributed by atoms with E-state index >= 15 is 0 Å². The summed E-state index contributed by atoms with van der Waals surface area (Å²) in [5.41, 5.74) is 3.18. The van der Waals surface area contributed by atoms with E-state index < -0.39 is 0 Å². The molecule has 1 N–H and O–H groups in total. The van der Waals surface area contributed by atoms with Crippen molar-refractivity contribution in [3.8, 4) is 11.3 Å². The normalized spacial score (nSPS) is 10.2. The molecule has 0 fully saturated rings. The minimum atomic E-state index is 0.836. The predicted molar refractivity (Wildman–Crippen MR) is 69.2 cm³/mol. The SMILES string of the molecule is CNc1nsnc1-c1ccc(N(C)C)cc1. The molecular weight excluding hydrogens is 220 g/mol. The maximum Gasteiger partial charge on any atom is 0.167 e. The van der Waals surface area contributed by atoms with Crippen molar-refractivity contribution in [2.75, 3.05) is 31.4 Å². The van der Waals surface area contributed by atoms with Crippen LogP contribution in [0.15, 0.2) is 24.3 Å². The zero-order chi connectivity index (χ0) is 11.5. The Morgan fingerprint density at radius 1 is 1.12 bits per heavy atom. The van der Waals surface area contributed by atoms with Gasteiger partial charge in [-0.05, 0) is 12.1 Å². The first kappa shape index (κ1) is 10.9. The fourth-order valence-electron chi connectivity index (χ4n) is 1.46. The summed E-state index contributed by atoms with van der Waals surface area (Å²) < 4.78 is 8.46. The molecule has 2 aromatic rings. The van der Waals surface area contributed by atoms with E-state index in [1.165, 1.54) is 17.4 Å². The highest BCUT2D eigenvalue weighted by atomic mass is 32.1. The Bertz CT molecular complexity index is 461. The van der Waals surface area contributed by atoms with E-state index in [4.69, 9.17) is 0 Å². The summed E-state index contributed by atoms with van der Waals surface area (Å²) in [5, 5.41) is 3.04. The monoisotopic (exact) mass is 234 g/mol. The zero-order valence-electron chi connectivity index (χ0n) is 9.56. The van der Waals surface area contributed by atoms with Crippen LogP contribution < -0.4 is 10.2 Å². The number of hydrogen-bond donors (Lipinski definition) is 1. The van der Waals surface area contributed by atoms with Crippen molar-refractivity contribution in [1.29, 1.82) is 0 Å². The lowest BCUT2D eigenvalue weighted by molar-refractivity contribution is 1.13. The van der Waals surface area contributed by atoms with Crippen LogP contribution in [0.3, 0.4) is 0 Å². The minimum Gasteiger partial charge on any atom is -0.378 e. The van der Waals surface area contributed by atoms with Crippen molar-refractivity contribution in [1.82, 2.24) is 8.75 Å². The Kier molecular flexibility index (Phi) is 3.05. The van der Waals surface area contributed by atoms with E-state index in [2.05, 4.69) is 43.2 Å². The molecule has 0 saturated heterocycles. The summed E-state index contributed by atoms with van der Waals surface area (Å²) in [6, 6.07) is 8.28. The Morgan fingerprint density at radius 3 is 2.38 bits per heavy atom. The molecule has 4 nitrogen and oxygen atoms in total. The number of nitrogens with zero attached hydrogens (tertiary/aromatic N) is 3. The van der Waals surface area contributed by atoms with Crippen LogP contribution in [0.25, 0.3) is 11.3 Å². The fourth-order valence-corrected chi connectivity index (χ4v) is 2.03. The molecule has 2 rings (SSSR count). The minimum absolute atomic E-state index is 0.836. The number of nitrogens with one attached hydrogen (secondary N) is 1. The Balaban J connectivity index is 2.35. The van der Waals surface area contributed by atoms with Crippen LogP contribution >= 0.6 is 11.7 Å². The molecule has 1 aromatic heterocycles. The van der Waals surface area contributed by atoms with Crippen LogP contribution in [-0.2, 0) is 0 Å². The molecule has 0 spiro atoms. The van der Waals surface area contributed by atoms with E-state index in [9.17, 15) is 0 Å². The summed E-state index contributed by atoms with van der Waals surface area (Å²) in [6.07, 6.45) is 0. The largest absolute Gasteiger partial charge is 0.378 e. The van der Waals surface area contributed by atoms with E-state index in [1.807, 2.05) is 21.1 Å². The van der Waals surface area contributed by atoms with Crippen LogP contribution in [0.5, 0.6) is 0 Å². The van der Waals surface area contributed by atoms with E-state index in [0.717, 1.165) is 17.1 Å². The van der Waals surface area contributed by atoms with Gasteiger partial charge in [-0.15, -0.1) is 0 Å². The van der Waals surface area contributed by atoms with Gasteiger partial charge in [0.2, 0.25) is 0 Å². The average molecular weight is 234 g/mol. The molecule has 0 aliphatic heterocycles. The average Bonchev–Trinajstić information content (AvgIpc) is 2.77. The lowest BCUT2D eigenvalue weighted by Crippen LogP contribution is -2.07. The third-order valence-electron chi connectivity index (χ3n) is 2.38. The second kappa shape index (κ2) is 4.49. The molecule has 0 unspecified atom stereocenters. The van der Waals surface area contributed by atoms with Gasteiger partial charge < -0.3 is 10.2 Å². The zero-order valence-corrected chi connectivity index (χ0v) is 10.4. The molecule has 1 heterocycles. The first-order valence-corrected chi connectivity index (χ1v) is 5.73. The Labute approximate surface area is 99.3 Å². The highest BCUT2D eigenvalue weighted by Gasteiger charge is 2.08. The molecule has 0 saturated carbocycles. The van der Waals surface area contributed by atoms with Crippen molar-refractivity contribution >= 4 is 23.2 Å². The number of hydrogen-bond acceptors (Lipinski definition) is 5. The molecule has 0 radical (unpaired) electrons. The van der Waals surface area contributed by atoms with Crippen LogP contribution in [-0.4, -0.2) is 29.9 Å². The molecule has 5 heteroatoms. The number of anilines is 2. The summed E-state index contributed by atoms with van der Waals surface area (Å²) in [5.74, 6) is 0.836. The third-order valence-corrected chi connectivity index (χ3v) is 2.91. The van der Waals surface area contributed by atoms with E-state index in [0.29, 0.717) is 0 Å². The van der Waals surface area contributed by atoms with Gasteiger partial charge in [0.15, 0.2) is 5.82 Å². The standard InChI is InChI=1S/C11H14N4S/c1-12-11-10(13-16-14-11)8-4-6-9(7-5-8)15(2)3/h4-7H,1-3H3,(H,12,14). The highest BCUT2D eigenvalue weighted by Crippen LogP contribution is 2.26. The molecule has 0 amide bonds. The fraction of sp³-hybridized carbons (Fsp3) is 0.273. The van der Waals surface area contributed by atoms with Gasteiger partial charge in [0, 0.05) is 32.4 Å². The predicted octanol–water partition coefficient (Wildman–Crippen LogP) is 2.31. The smallest absolute Gasteiger partial charge is 0.167 e. The van der Waals surface area contributed by atoms with E-state index in [1.54, 1.807) is 0 Å². The lowest BCUT2D eigenvalue weighted by atomic mass is 10.1. The Hall–Kier alpha value is -1.62. The summed E-state index contributed by atoms with van der Waals surface area (Å²) >= 11 is 1.22. The molecule has 0 aliphatic carbocycles. The molecule has 0 bridgehead atoms. The third kappa shape index (κ3) is 1.99. The second-order valence-electron chi connectivity index (χ2n) is 3.65. The number of benzene rings is 1. The molecule has 0 aliphatic rings. The van der Waals surface area contributed by atoms with Gasteiger partial charge in [-0.1, -0.05) is 12.1 Å². The van der Waals surface area contributed by atoms with E-state index in [-0.39, 0.29) is 0 Å². The summed E-state index contributed by atoms with van der Waals surface area (Å²) in [7, 11) is 5.91. The number of rotatable bonds is 3. The van der Waals surface area contributed by atoms with Crippen LogP contribution in [0.4, 0.5) is 11.5 Å². The van der Waals surface area contributed by atoms with Crippen molar-refractivity contribution < 1.29 is 0 Å². The summed E-state index contributed by atoms with van der Waals surface area (Å²) in [6.45, 7) is 0. The van der Waals surface area contributed by atoms with Gasteiger partial charge in [0.1, 0.15) is 5.69 Å².